The zero-order valence-electron chi connectivity index (χ0n) is 19.6. The molecule has 1 amide bonds. The molecule has 35 heavy (non-hydrogen) atoms. The van der Waals surface area contributed by atoms with Crippen LogP contribution in [0.5, 0.6) is 5.75 Å². The average Bonchev–Trinajstić information content (AvgIpc) is 3.27. The van der Waals surface area contributed by atoms with Crippen molar-refractivity contribution < 1.29 is 14.6 Å². The summed E-state index contributed by atoms with van der Waals surface area (Å²) < 4.78 is 6.70. The minimum Gasteiger partial charge on any atom is -0.476 e. The van der Waals surface area contributed by atoms with Crippen LogP contribution in [-0.4, -0.2) is 35.0 Å². The fourth-order valence-corrected chi connectivity index (χ4v) is 6.11. The van der Waals surface area contributed by atoms with Crippen LogP contribution in [0.15, 0.2) is 67.0 Å². The highest BCUT2D eigenvalue weighted by molar-refractivity contribution is 5.82. The number of hydrogen-bond acceptors (Lipinski definition) is 6. The van der Waals surface area contributed by atoms with Gasteiger partial charge in [0, 0.05) is 32.1 Å². The lowest BCUT2D eigenvalue weighted by atomic mass is 9.69. The molecule has 174 valence electrons. The van der Waals surface area contributed by atoms with Crippen molar-refractivity contribution in [2.24, 2.45) is 11.8 Å². The Hall–Kier alpha value is -4.20. The second-order valence-corrected chi connectivity index (χ2v) is 9.40. The van der Waals surface area contributed by atoms with Crippen LogP contribution in [0.2, 0.25) is 0 Å². The second kappa shape index (κ2) is 7.94. The van der Waals surface area contributed by atoms with Crippen LogP contribution >= 0.6 is 0 Å². The fraction of sp³-hybridized carbons (Fsp3) is 0.286. The number of pyridine rings is 1. The number of aromatic nitrogens is 1. The third-order valence-corrected chi connectivity index (χ3v) is 7.57. The number of fused-ring (bicyclic) bond motifs is 3. The summed E-state index contributed by atoms with van der Waals surface area (Å²) in [7, 11) is 3.39. The molecule has 7 heteroatoms. The van der Waals surface area contributed by atoms with E-state index < -0.39 is 29.0 Å². The lowest BCUT2D eigenvalue weighted by molar-refractivity contribution is -0.137. The quantitative estimate of drug-likeness (QED) is 0.636. The Labute approximate surface area is 203 Å². The largest absolute Gasteiger partial charge is 0.476 e. The van der Waals surface area contributed by atoms with Crippen molar-refractivity contribution in [2.75, 3.05) is 14.1 Å². The average molecular weight is 465 g/mol. The molecule has 5 atom stereocenters. The fourth-order valence-electron chi connectivity index (χ4n) is 6.11. The third kappa shape index (κ3) is 2.86. The lowest BCUT2D eigenvalue weighted by Gasteiger charge is -2.41. The molecule has 0 bridgehead atoms. The van der Waals surface area contributed by atoms with Gasteiger partial charge in [-0.15, -0.1) is 0 Å². The number of ether oxygens (including phenoxy) is 1. The van der Waals surface area contributed by atoms with Gasteiger partial charge in [0.1, 0.15) is 17.4 Å². The van der Waals surface area contributed by atoms with Crippen LogP contribution in [0, 0.1) is 34.5 Å². The summed E-state index contributed by atoms with van der Waals surface area (Å²) >= 11 is 0. The second-order valence-electron chi connectivity index (χ2n) is 9.40. The molecule has 0 unspecified atom stereocenters. The van der Waals surface area contributed by atoms with Crippen LogP contribution in [0.1, 0.15) is 40.7 Å². The van der Waals surface area contributed by atoms with Crippen LogP contribution in [0.25, 0.3) is 0 Å². The number of nitriles is 2. The highest BCUT2D eigenvalue weighted by Crippen LogP contribution is 2.71. The summed E-state index contributed by atoms with van der Waals surface area (Å²) in [6.45, 7) is 1.84. The molecule has 3 aromatic rings. The van der Waals surface area contributed by atoms with Gasteiger partial charge in [-0.05, 0) is 23.3 Å². The van der Waals surface area contributed by atoms with Gasteiger partial charge in [0.15, 0.2) is 5.60 Å². The molecule has 0 saturated heterocycles. The molecule has 2 heterocycles. The van der Waals surface area contributed by atoms with E-state index in [0.717, 1.165) is 5.56 Å². The van der Waals surface area contributed by atoms with Crippen molar-refractivity contribution in [1.29, 1.82) is 10.5 Å². The smallest absolute Gasteiger partial charge is 0.226 e. The molecule has 1 aromatic heterocycles. The van der Waals surface area contributed by atoms with Crippen molar-refractivity contribution in [3.05, 3.63) is 94.8 Å². The number of aliphatic hydroxyl groups is 1. The molecule has 2 aliphatic rings. The molecule has 5 rings (SSSR count). The first-order chi connectivity index (χ1) is 16.8. The monoisotopic (exact) mass is 464 g/mol. The zero-order valence-corrected chi connectivity index (χ0v) is 19.6. The van der Waals surface area contributed by atoms with E-state index in [1.165, 1.54) is 17.3 Å². The Morgan fingerprint density at radius 2 is 1.74 bits per heavy atom. The number of nitrogens with zero attached hydrogens (tertiary/aromatic N) is 4. The van der Waals surface area contributed by atoms with Crippen molar-refractivity contribution in [1.82, 2.24) is 9.88 Å². The predicted molar refractivity (Wildman–Crippen MR) is 127 cm³/mol. The number of hydrogen-bond donors (Lipinski definition) is 1. The van der Waals surface area contributed by atoms with Gasteiger partial charge in [-0.2, -0.15) is 10.5 Å². The normalized spacial score (nSPS) is 28.2. The maximum absolute atomic E-state index is 13.7. The van der Waals surface area contributed by atoms with Gasteiger partial charge in [0.05, 0.1) is 34.9 Å². The summed E-state index contributed by atoms with van der Waals surface area (Å²) in [6, 6.07) is 20.7. The highest BCUT2D eigenvalue weighted by Gasteiger charge is 2.76. The molecule has 1 fully saturated rings. The van der Waals surface area contributed by atoms with Gasteiger partial charge in [-0.1, -0.05) is 49.4 Å². The van der Waals surface area contributed by atoms with Crippen LogP contribution in [0.4, 0.5) is 0 Å². The summed E-state index contributed by atoms with van der Waals surface area (Å²) in [5.74, 6) is -1.68. The number of carbonyl (C=O) groups excluding carboxylic acids is 1. The first-order valence-electron chi connectivity index (χ1n) is 11.4. The van der Waals surface area contributed by atoms with E-state index in [1.807, 2.05) is 37.3 Å². The summed E-state index contributed by atoms with van der Waals surface area (Å²) in [5, 5.41) is 32.1. The summed E-state index contributed by atoms with van der Waals surface area (Å²) in [5.41, 5.74) is -0.685. The molecule has 0 radical (unpaired) electrons. The maximum atomic E-state index is 13.7. The molecule has 1 N–H and O–H groups in total. The standard InChI is InChI=1S/C28H24N4O3/c1-17-23(26(33)32(2)3)25(19-7-5-4-6-8-19)28(21-11-9-18(13-29)10-12-21)27(17,34)24-20(14-30)15-31-16-22(24)35-28/h4-12,15-17,23,25,34H,1-3H3/t17-,23+,25-,27-,28+/m1/s1. The zero-order chi connectivity index (χ0) is 25.0. The summed E-state index contributed by atoms with van der Waals surface area (Å²) in [4.78, 5) is 19.4. The topological polar surface area (TPSA) is 110 Å². The highest BCUT2D eigenvalue weighted by atomic mass is 16.5. The first-order valence-corrected chi connectivity index (χ1v) is 11.4. The van der Waals surface area contributed by atoms with E-state index in [1.54, 1.807) is 38.4 Å². The van der Waals surface area contributed by atoms with Crippen molar-refractivity contribution in [3.63, 3.8) is 0 Å². The Morgan fingerprint density at radius 1 is 1.06 bits per heavy atom. The van der Waals surface area contributed by atoms with E-state index in [4.69, 9.17) is 4.74 Å². The Kier molecular flexibility index (Phi) is 5.12. The maximum Gasteiger partial charge on any atom is 0.226 e. The molecule has 1 aliphatic carbocycles. The minimum absolute atomic E-state index is 0.139. The number of carbonyl (C=O) groups is 1. The van der Waals surface area contributed by atoms with E-state index in [2.05, 4.69) is 17.1 Å². The molecule has 1 aliphatic heterocycles. The number of benzene rings is 2. The predicted octanol–water partition coefficient (Wildman–Crippen LogP) is 3.44. The molecule has 2 aromatic carbocycles. The SMILES string of the molecule is C[C@@H]1[C@H](C(=O)N(C)C)[C@@H](c2ccccc2)[C@]2(c3ccc(C#N)cc3)Oc3cncc(C#N)c3[C@]12O. The van der Waals surface area contributed by atoms with Crippen molar-refractivity contribution >= 4 is 5.91 Å². The third-order valence-electron chi connectivity index (χ3n) is 7.57. The van der Waals surface area contributed by atoms with Gasteiger partial charge in [0.25, 0.3) is 0 Å². The Morgan fingerprint density at radius 3 is 2.34 bits per heavy atom. The van der Waals surface area contributed by atoms with E-state index in [-0.39, 0.29) is 11.5 Å². The van der Waals surface area contributed by atoms with Gasteiger partial charge < -0.3 is 14.7 Å². The van der Waals surface area contributed by atoms with Crippen molar-refractivity contribution in [2.45, 2.75) is 24.0 Å². The Bertz CT molecular complexity index is 1390. The van der Waals surface area contributed by atoms with Gasteiger partial charge in [-0.3, -0.25) is 9.78 Å². The number of rotatable bonds is 3. The first kappa shape index (κ1) is 22.6. The molecular weight excluding hydrogens is 440 g/mol. The summed E-state index contributed by atoms with van der Waals surface area (Å²) in [6.07, 6.45) is 2.93. The number of amides is 1. The minimum atomic E-state index is -1.72. The van der Waals surface area contributed by atoms with Crippen molar-refractivity contribution in [3.8, 4) is 17.9 Å². The lowest BCUT2D eigenvalue weighted by Crippen LogP contribution is -2.50. The molecule has 0 spiro atoms. The van der Waals surface area contributed by atoms with Gasteiger partial charge >= 0.3 is 0 Å². The molecular formula is C28H24N4O3. The van der Waals surface area contributed by atoms with Crippen LogP contribution in [0.3, 0.4) is 0 Å². The molecule has 1 saturated carbocycles. The van der Waals surface area contributed by atoms with E-state index in [9.17, 15) is 20.4 Å². The van der Waals surface area contributed by atoms with Gasteiger partial charge in [0.2, 0.25) is 5.91 Å². The van der Waals surface area contributed by atoms with E-state index in [0.29, 0.717) is 22.4 Å². The molecule has 7 nitrogen and oxygen atoms in total. The van der Waals surface area contributed by atoms with Crippen LogP contribution < -0.4 is 4.74 Å². The van der Waals surface area contributed by atoms with Crippen LogP contribution in [-0.2, 0) is 16.0 Å². The van der Waals surface area contributed by atoms with Gasteiger partial charge in [-0.25, -0.2) is 0 Å². The Balaban J connectivity index is 1.90. The van der Waals surface area contributed by atoms with E-state index >= 15 is 0 Å².